The highest BCUT2D eigenvalue weighted by Gasteiger charge is 2.33. The van der Waals surface area contributed by atoms with Gasteiger partial charge in [0.15, 0.2) is 0 Å². The molecular weight excluding hydrogens is 234 g/mol. The van der Waals surface area contributed by atoms with E-state index in [-0.39, 0.29) is 18.1 Å². The zero-order valence-corrected chi connectivity index (χ0v) is 10.4. The molecule has 4 N–H and O–H groups in total. The van der Waals surface area contributed by atoms with E-state index in [1.807, 2.05) is 0 Å². The number of carboxylic acid groups (broad SMARTS) is 1. The molecule has 2 rings (SSSR count). The molecule has 1 unspecified atom stereocenters. The van der Waals surface area contributed by atoms with Crippen LogP contribution in [0.1, 0.15) is 38.5 Å². The van der Waals surface area contributed by atoms with Crippen molar-refractivity contribution in [3.63, 3.8) is 0 Å². The SMILES string of the molecule is O=C(NC1CCCCC1)NC1CCN[C@@H]1C(=O)O. The van der Waals surface area contributed by atoms with Gasteiger partial charge in [-0.15, -0.1) is 0 Å². The van der Waals surface area contributed by atoms with Crippen LogP contribution in [0.25, 0.3) is 0 Å². The molecule has 0 aromatic carbocycles. The van der Waals surface area contributed by atoms with Gasteiger partial charge in [-0.1, -0.05) is 19.3 Å². The van der Waals surface area contributed by atoms with Gasteiger partial charge in [0.2, 0.25) is 0 Å². The van der Waals surface area contributed by atoms with Crippen LogP contribution in [0.3, 0.4) is 0 Å². The fourth-order valence-electron chi connectivity index (χ4n) is 2.76. The summed E-state index contributed by atoms with van der Waals surface area (Å²) in [4.78, 5) is 22.7. The summed E-state index contributed by atoms with van der Waals surface area (Å²) in [5, 5.41) is 17.6. The van der Waals surface area contributed by atoms with E-state index in [2.05, 4.69) is 16.0 Å². The number of urea groups is 1. The Labute approximate surface area is 107 Å². The molecule has 1 aliphatic heterocycles. The van der Waals surface area contributed by atoms with E-state index in [0.717, 1.165) is 25.7 Å². The number of hydrogen-bond acceptors (Lipinski definition) is 3. The smallest absolute Gasteiger partial charge is 0.322 e. The lowest BCUT2D eigenvalue weighted by Crippen LogP contribution is -2.52. The Balaban J connectivity index is 1.77. The number of carboxylic acids is 1. The van der Waals surface area contributed by atoms with Crippen molar-refractivity contribution in [3.05, 3.63) is 0 Å². The van der Waals surface area contributed by atoms with Crippen LogP contribution in [-0.2, 0) is 4.79 Å². The summed E-state index contributed by atoms with van der Waals surface area (Å²) in [7, 11) is 0. The van der Waals surface area contributed by atoms with E-state index in [9.17, 15) is 9.59 Å². The van der Waals surface area contributed by atoms with Crippen molar-refractivity contribution in [3.8, 4) is 0 Å². The quantitative estimate of drug-likeness (QED) is 0.589. The molecule has 6 heteroatoms. The molecule has 2 atom stereocenters. The molecule has 0 aromatic rings. The van der Waals surface area contributed by atoms with Gasteiger partial charge in [-0.25, -0.2) is 4.79 Å². The van der Waals surface area contributed by atoms with Gasteiger partial charge in [0.25, 0.3) is 0 Å². The number of nitrogens with one attached hydrogen (secondary N) is 3. The third-order valence-electron chi connectivity index (χ3n) is 3.74. The Hall–Kier alpha value is -1.30. The molecule has 0 bridgehead atoms. The Morgan fingerprint density at radius 3 is 2.44 bits per heavy atom. The second-order valence-electron chi connectivity index (χ2n) is 5.12. The van der Waals surface area contributed by atoms with Crippen LogP contribution in [0.5, 0.6) is 0 Å². The van der Waals surface area contributed by atoms with Crippen LogP contribution < -0.4 is 16.0 Å². The zero-order valence-electron chi connectivity index (χ0n) is 10.4. The van der Waals surface area contributed by atoms with Gasteiger partial charge in [-0.05, 0) is 25.8 Å². The van der Waals surface area contributed by atoms with E-state index in [1.165, 1.54) is 6.42 Å². The van der Waals surface area contributed by atoms with Crippen LogP contribution in [-0.4, -0.2) is 41.8 Å². The van der Waals surface area contributed by atoms with Crippen molar-refractivity contribution in [1.82, 2.24) is 16.0 Å². The first-order valence-electron chi connectivity index (χ1n) is 6.70. The summed E-state index contributed by atoms with van der Waals surface area (Å²) in [6, 6.07) is -0.966. The molecule has 0 radical (unpaired) electrons. The largest absolute Gasteiger partial charge is 0.480 e. The Kier molecular flexibility index (Phi) is 4.41. The number of amides is 2. The van der Waals surface area contributed by atoms with Crippen LogP contribution in [0, 0.1) is 0 Å². The van der Waals surface area contributed by atoms with Crippen LogP contribution in [0.2, 0.25) is 0 Å². The van der Waals surface area contributed by atoms with Gasteiger partial charge in [0.05, 0.1) is 6.04 Å². The molecule has 2 amide bonds. The predicted molar refractivity (Wildman–Crippen MR) is 66.4 cm³/mol. The van der Waals surface area contributed by atoms with Gasteiger partial charge in [0.1, 0.15) is 6.04 Å². The highest BCUT2D eigenvalue weighted by Crippen LogP contribution is 2.17. The zero-order chi connectivity index (χ0) is 13.0. The lowest BCUT2D eigenvalue weighted by Gasteiger charge is -2.24. The first-order chi connectivity index (χ1) is 8.66. The first kappa shape index (κ1) is 13.1. The van der Waals surface area contributed by atoms with Gasteiger partial charge >= 0.3 is 12.0 Å². The molecule has 18 heavy (non-hydrogen) atoms. The Bertz CT molecular complexity index is 316. The molecule has 2 aliphatic rings. The van der Waals surface area contributed by atoms with Crippen molar-refractivity contribution < 1.29 is 14.7 Å². The lowest BCUT2D eigenvalue weighted by molar-refractivity contribution is -0.139. The standard InChI is InChI=1S/C12H21N3O3/c16-11(17)10-9(6-7-13-10)15-12(18)14-8-4-2-1-3-5-8/h8-10,13H,1-7H2,(H,16,17)(H2,14,15,18)/t9?,10-/m0/s1. The van der Waals surface area contributed by atoms with E-state index in [4.69, 9.17) is 5.11 Å². The van der Waals surface area contributed by atoms with E-state index in [1.54, 1.807) is 0 Å². The third kappa shape index (κ3) is 3.35. The average molecular weight is 255 g/mol. The topological polar surface area (TPSA) is 90.5 Å². The minimum absolute atomic E-state index is 0.234. The molecule has 1 saturated heterocycles. The fourth-order valence-corrected chi connectivity index (χ4v) is 2.76. The molecule has 1 aliphatic carbocycles. The highest BCUT2D eigenvalue weighted by atomic mass is 16.4. The van der Waals surface area contributed by atoms with E-state index >= 15 is 0 Å². The molecule has 1 saturated carbocycles. The van der Waals surface area contributed by atoms with Gasteiger partial charge < -0.3 is 21.1 Å². The van der Waals surface area contributed by atoms with Crippen molar-refractivity contribution >= 4 is 12.0 Å². The Morgan fingerprint density at radius 1 is 1.06 bits per heavy atom. The molecule has 0 aromatic heterocycles. The summed E-state index contributed by atoms with van der Waals surface area (Å²) in [5.41, 5.74) is 0. The highest BCUT2D eigenvalue weighted by molar-refractivity contribution is 5.79. The second kappa shape index (κ2) is 6.04. The maximum absolute atomic E-state index is 11.8. The minimum Gasteiger partial charge on any atom is -0.480 e. The van der Waals surface area contributed by atoms with Crippen molar-refractivity contribution in [2.75, 3.05) is 6.54 Å². The lowest BCUT2D eigenvalue weighted by atomic mass is 9.96. The van der Waals surface area contributed by atoms with E-state index < -0.39 is 12.0 Å². The van der Waals surface area contributed by atoms with Crippen LogP contribution in [0.15, 0.2) is 0 Å². The molecular formula is C12H21N3O3. The fraction of sp³-hybridized carbons (Fsp3) is 0.833. The third-order valence-corrected chi connectivity index (χ3v) is 3.74. The van der Waals surface area contributed by atoms with E-state index in [0.29, 0.717) is 13.0 Å². The van der Waals surface area contributed by atoms with Gasteiger partial charge in [0, 0.05) is 6.04 Å². The van der Waals surface area contributed by atoms with Crippen molar-refractivity contribution in [2.24, 2.45) is 0 Å². The molecule has 6 nitrogen and oxygen atoms in total. The minimum atomic E-state index is -0.907. The Morgan fingerprint density at radius 2 is 1.78 bits per heavy atom. The molecule has 2 fully saturated rings. The molecule has 0 spiro atoms. The van der Waals surface area contributed by atoms with Gasteiger partial charge in [-0.2, -0.15) is 0 Å². The predicted octanol–water partition coefficient (Wildman–Crippen LogP) is 0.433. The van der Waals surface area contributed by atoms with Crippen LogP contribution in [0.4, 0.5) is 4.79 Å². The maximum atomic E-state index is 11.8. The summed E-state index contributed by atoms with van der Waals surface area (Å²) in [5.74, 6) is -0.907. The number of rotatable bonds is 3. The summed E-state index contributed by atoms with van der Waals surface area (Å²) >= 11 is 0. The van der Waals surface area contributed by atoms with Crippen LogP contribution >= 0.6 is 0 Å². The number of hydrogen-bond donors (Lipinski definition) is 4. The number of carbonyl (C=O) groups excluding carboxylic acids is 1. The monoisotopic (exact) mass is 255 g/mol. The van der Waals surface area contributed by atoms with Crippen molar-refractivity contribution in [1.29, 1.82) is 0 Å². The summed E-state index contributed by atoms with van der Waals surface area (Å²) in [6.07, 6.45) is 6.28. The molecule has 102 valence electrons. The van der Waals surface area contributed by atoms with Gasteiger partial charge in [-0.3, -0.25) is 4.79 Å². The number of aliphatic carboxylic acids is 1. The second-order valence-corrected chi connectivity index (χ2v) is 5.12. The number of carbonyl (C=O) groups is 2. The summed E-state index contributed by atoms with van der Waals surface area (Å²) in [6.45, 7) is 0.630. The first-order valence-corrected chi connectivity index (χ1v) is 6.70. The maximum Gasteiger partial charge on any atom is 0.322 e. The van der Waals surface area contributed by atoms with Crippen molar-refractivity contribution in [2.45, 2.75) is 56.7 Å². The average Bonchev–Trinajstić information content (AvgIpc) is 2.78. The normalized spacial score (nSPS) is 28.9. The summed E-state index contributed by atoms with van der Waals surface area (Å²) < 4.78 is 0. The molecule has 1 heterocycles.